The molecule has 0 N–H and O–H groups in total. The summed E-state index contributed by atoms with van der Waals surface area (Å²) < 4.78 is 40.9. The summed E-state index contributed by atoms with van der Waals surface area (Å²) in [7, 11) is 0. The standard InChI is InChI=1S/C22H23F3N4O/c1-2-18(15-7-4-3-5-8-15)21(30)28-12-6-9-16(13-28)20-27-26-19-11-10-17(14-29(19)20)22(23,24)25/h3-5,7-8,10-11,14,16,18H,2,6,9,12-13H2,1H3. The molecule has 1 saturated heterocycles. The zero-order chi connectivity index (χ0) is 21.3. The molecule has 1 aliphatic rings. The Labute approximate surface area is 172 Å². The molecule has 1 aromatic carbocycles. The highest BCUT2D eigenvalue weighted by molar-refractivity contribution is 5.83. The van der Waals surface area contributed by atoms with Gasteiger partial charge in [-0.3, -0.25) is 9.20 Å². The van der Waals surface area contributed by atoms with Gasteiger partial charge in [-0.1, -0.05) is 37.3 Å². The van der Waals surface area contributed by atoms with E-state index in [9.17, 15) is 18.0 Å². The number of halogens is 3. The molecule has 158 valence electrons. The van der Waals surface area contributed by atoms with E-state index in [1.807, 2.05) is 42.2 Å². The van der Waals surface area contributed by atoms with Gasteiger partial charge in [-0.05, 0) is 37.0 Å². The van der Waals surface area contributed by atoms with Crippen molar-refractivity contribution in [2.24, 2.45) is 0 Å². The van der Waals surface area contributed by atoms with Crippen LogP contribution in [0.4, 0.5) is 13.2 Å². The van der Waals surface area contributed by atoms with Gasteiger partial charge in [0.15, 0.2) is 5.65 Å². The van der Waals surface area contributed by atoms with E-state index in [1.165, 1.54) is 10.5 Å². The molecule has 8 heteroatoms. The second-order valence-corrected chi connectivity index (χ2v) is 7.70. The Morgan fingerprint density at radius 1 is 1.17 bits per heavy atom. The van der Waals surface area contributed by atoms with Gasteiger partial charge in [0, 0.05) is 25.2 Å². The molecule has 0 aliphatic carbocycles. The van der Waals surface area contributed by atoms with Crippen molar-refractivity contribution < 1.29 is 18.0 Å². The number of fused-ring (bicyclic) bond motifs is 1. The first kappa shape index (κ1) is 20.4. The summed E-state index contributed by atoms with van der Waals surface area (Å²) in [6.07, 6.45) is -1.18. The number of carbonyl (C=O) groups excluding carboxylic acids is 1. The second-order valence-electron chi connectivity index (χ2n) is 7.70. The molecule has 0 saturated carbocycles. The molecule has 5 nitrogen and oxygen atoms in total. The average Bonchev–Trinajstić information content (AvgIpc) is 3.18. The molecular weight excluding hydrogens is 393 g/mol. The topological polar surface area (TPSA) is 50.5 Å². The smallest absolute Gasteiger partial charge is 0.341 e. The molecule has 0 bridgehead atoms. The SMILES string of the molecule is CCC(C(=O)N1CCCC(c2nnc3ccc(C(F)(F)F)cn23)C1)c1ccccc1. The van der Waals surface area contributed by atoms with Crippen LogP contribution in [-0.2, 0) is 11.0 Å². The third-order valence-corrected chi connectivity index (χ3v) is 5.76. The third-order valence-electron chi connectivity index (χ3n) is 5.76. The summed E-state index contributed by atoms with van der Waals surface area (Å²) in [5, 5.41) is 8.19. The Morgan fingerprint density at radius 3 is 2.63 bits per heavy atom. The predicted molar refractivity (Wildman–Crippen MR) is 106 cm³/mol. The van der Waals surface area contributed by atoms with Crippen molar-refractivity contribution in [3.8, 4) is 0 Å². The van der Waals surface area contributed by atoms with Crippen molar-refractivity contribution in [2.45, 2.75) is 44.2 Å². The fourth-order valence-electron chi connectivity index (χ4n) is 4.20. The number of aromatic nitrogens is 3. The van der Waals surface area contributed by atoms with Gasteiger partial charge in [0.25, 0.3) is 0 Å². The molecule has 1 fully saturated rings. The van der Waals surface area contributed by atoms with Gasteiger partial charge in [-0.15, -0.1) is 10.2 Å². The number of piperidine rings is 1. The van der Waals surface area contributed by atoms with Crippen LogP contribution in [-0.4, -0.2) is 38.5 Å². The Bertz CT molecular complexity index is 1030. The van der Waals surface area contributed by atoms with Crippen molar-refractivity contribution in [1.29, 1.82) is 0 Å². The maximum Gasteiger partial charge on any atom is 0.417 e. The third kappa shape index (κ3) is 3.91. The molecule has 0 spiro atoms. The molecule has 30 heavy (non-hydrogen) atoms. The van der Waals surface area contributed by atoms with Crippen molar-refractivity contribution in [3.63, 3.8) is 0 Å². The molecule has 1 amide bonds. The average molecular weight is 416 g/mol. The lowest BCUT2D eigenvalue weighted by Gasteiger charge is -2.34. The van der Waals surface area contributed by atoms with E-state index in [2.05, 4.69) is 10.2 Å². The highest BCUT2D eigenvalue weighted by Crippen LogP contribution is 2.32. The number of benzene rings is 1. The number of hydrogen-bond acceptors (Lipinski definition) is 3. The molecule has 2 unspecified atom stereocenters. The van der Waals surface area contributed by atoms with Crippen LogP contribution < -0.4 is 0 Å². The van der Waals surface area contributed by atoms with Crippen molar-refractivity contribution >= 4 is 11.6 Å². The van der Waals surface area contributed by atoms with Crippen LogP contribution in [0.25, 0.3) is 5.65 Å². The fraction of sp³-hybridized carbons (Fsp3) is 0.409. The number of alkyl halides is 3. The molecule has 1 aliphatic heterocycles. The fourth-order valence-corrected chi connectivity index (χ4v) is 4.20. The molecule has 2 atom stereocenters. The number of pyridine rings is 1. The van der Waals surface area contributed by atoms with Gasteiger partial charge in [0.1, 0.15) is 5.82 Å². The van der Waals surface area contributed by atoms with E-state index in [0.717, 1.165) is 30.7 Å². The summed E-state index contributed by atoms with van der Waals surface area (Å²) in [5.74, 6) is 0.144. The van der Waals surface area contributed by atoms with E-state index in [4.69, 9.17) is 0 Å². The lowest BCUT2D eigenvalue weighted by Crippen LogP contribution is -2.42. The van der Waals surface area contributed by atoms with Crippen LogP contribution >= 0.6 is 0 Å². The Hall–Kier alpha value is -2.90. The second kappa shape index (κ2) is 8.08. The minimum Gasteiger partial charge on any atom is -0.341 e. The van der Waals surface area contributed by atoms with Crippen molar-refractivity contribution in [3.05, 3.63) is 65.6 Å². The zero-order valence-electron chi connectivity index (χ0n) is 16.6. The maximum atomic E-state index is 13.2. The van der Waals surface area contributed by atoms with Crippen LogP contribution in [0.2, 0.25) is 0 Å². The lowest BCUT2D eigenvalue weighted by molar-refractivity contribution is -0.138. The van der Waals surface area contributed by atoms with E-state index in [1.54, 1.807) is 0 Å². The summed E-state index contributed by atoms with van der Waals surface area (Å²) in [6, 6.07) is 12.0. The van der Waals surface area contributed by atoms with Gasteiger partial charge < -0.3 is 4.90 Å². The quantitative estimate of drug-likeness (QED) is 0.622. The Morgan fingerprint density at radius 2 is 1.93 bits per heavy atom. The first-order valence-corrected chi connectivity index (χ1v) is 10.1. The number of likely N-dealkylation sites (tertiary alicyclic amines) is 1. The summed E-state index contributed by atoms with van der Waals surface area (Å²) in [4.78, 5) is 15.1. The summed E-state index contributed by atoms with van der Waals surface area (Å²) in [5.41, 5.74) is 0.613. The normalized spacial score (nSPS) is 18.5. The number of hydrogen-bond donors (Lipinski definition) is 0. The largest absolute Gasteiger partial charge is 0.417 e. The molecule has 4 rings (SSSR count). The van der Waals surface area contributed by atoms with Crippen LogP contribution in [0.15, 0.2) is 48.7 Å². The molecule has 3 heterocycles. The van der Waals surface area contributed by atoms with E-state index >= 15 is 0 Å². The van der Waals surface area contributed by atoms with Gasteiger partial charge in [0.2, 0.25) is 5.91 Å². The number of rotatable bonds is 4. The number of nitrogens with zero attached hydrogens (tertiary/aromatic N) is 4. The minimum absolute atomic E-state index is 0.0539. The van der Waals surface area contributed by atoms with E-state index in [0.29, 0.717) is 31.0 Å². The predicted octanol–water partition coefficient (Wildman–Crippen LogP) is 4.65. The van der Waals surface area contributed by atoms with Crippen LogP contribution in [0.5, 0.6) is 0 Å². The van der Waals surface area contributed by atoms with E-state index in [-0.39, 0.29) is 17.7 Å². The molecular formula is C22H23F3N4O. The molecule has 0 radical (unpaired) electrons. The number of carbonyl (C=O) groups is 1. The van der Waals surface area contributed by atoms with Gasteiger partial charge in [0.05, 0.1) is 11.5 Å². The van der Waals surface area contributed by atoms with Gasteiger partial charge in [-0.2, -0.15) is 13.2 Å². The van der Waals surface area contributed by atoms with E-state index < -0.39 is 11.7 Å². The van der Waals surface area contributed by atoms with Gasteiger partial charge >= 0.3 is 6.18 Å². The van der Waals surface area contributed by atoms with Crippen molar-refractivity contribution in [2.75, 3.05) is 13.1 Å². The van der Waals surface area contributed by atoms with Crippen LogP contribution in [0.1, 0.15) is 55.0 Å². The molecule has 3 aromatic rings. The highest BCUT2D eigenvalue weighted by atomic mass is 19.4. The first-order valence-electron chi connectivity index (χ1n) is 10.1. The zero-order valence-corrected chi connectivity index (χ0v) is 16.6. The Balaban J connectivity index is 1.59. The summed E-state index contributed by atoms with van der Waals surface area (Å²) >= 11 is 0. The minimum atomic E-state index is -4.44. The number of amides is 1. The monoisotopic (exact) mass is 416 g/mol. The van der Waals surface area contributed by atoms with Gasteiger partial charge in [-0.25, -0.2) is 0 Å². The first-order chi connectivity index (χ1) is 14.4. The summed E-state index contributed by atoms with van der Waals surface area (Å²) in [6.45, 7) is 3.06. The van der Waals surface area contributed by atoms with Crippen LogP contribution in [0.3, 0.4) is 0 Å². The highest BCUT2D eigenvalue weighted by Gasteiger charge is 2.34. The Kier molecular flexibility index (Phi) is 5.49. The maximum absolute atomic E-state index is 13.2. The van der Waals surface area contributed by atoms with Crippen molar-refractivity contribution in [1.82, 2.24) is 19.5 Å². The van der Waals surface area contributed by atoms with Crippen LogP contribution in [0, 0.1) is 0 Å². The lowest BCUT2D eigenvalue weighted by atomic mass is 9.91. The molecule has 2 aromatic heterocycles.